The topological polar surface area (TPSA) is 69.5 Å². The average Bonchev–Trinajstić information content (AvgIpc) is 3.39. The SMILES string of the molecule is CCCS(=O)n1cc(-c2nc(Nc3ccc(N4CCC(N5CCN(C)CC5)CC4)c(Cl)c3)ncc2Cl)c2ccccc21. The lowest BCUT2D eigenvalue weighted by Crippen LogP contribution is -2.52. The summed E-state index contributed by atoms with van der Waals surface area (Å²) < 4.78 is 14.8. The van der Waals surface area contributed by atoms with Gasteiger partial charge < -0.3 is 15.1 Å². The maximum atomic E-state index is 12.9. The molecule has 2 aliphatic heterocycles. The summed E-state index contributed by atoms with van der Waals surface area (Å²) in [7, 11) is 1.03. The molecule has 6 rings (SSSR count). The monoisotopic (exact) mass is 625 g/mol. The third kappa shape index (κ3) is 6.17. The second-order valence-electron chi connectivity index (χ2n) is 11.2. The van der Waals surface area contributed by atoms with Crippen LogP contribution in [0.2, 0.25) is 10.0 Å². The van der Waals surface area contributed by atoms with E-state index in [2.05, 4.69) is 38.1 Å². The summed E-state index contributed by atoms with van der Waals surface area (Å²) in [4.78, 5) is 16.7. The molecule has 1 N–H and O–H groups in total. The van der Waals surface area contributed by atoms with E-state index in [-0.39, 0.29) is 0 Å². The Balaban J connectivity index is 1.18. The van der Waals surface area contributed by atoms with Gasteiger partial charge in [0.1, 0.15) is 11.0 Å². The number of piperazine rings is 1. The number of piperidine rings is 1. The summed E-state index contributed by atoms with van der Waals surface area (Å²) in [6.07, 6.45) is 6.62. The molecule has 4 aromatic rings. The van der Waals surface area contributed by atoms with E-state index in [1.807, 2.05) is 53.5 Å². The lowest BCUT2D eigenvalue weighted by molar-refractivity contribution is 0.0982. The van der Waals surface area contributed by atoms with Crippen molar-refractivity contribution in [2.75, 3.05) is 62.3 Å². The predicted molar refractivity (Wildman–Crippen MR) is 176 cm³/mol. The number of hydrogen-bond donors (Lipinski definition) is 1. The van der Waals surface area contributed by atoms with Gasteiger partial charge in [0.25, 0.3) is 0 Å². The van der Waals surface area contributed by atoms with Crippen LogP contribution in [-0.2, 0) is 11.0 Å². The van der Waals surface area contributed by atoms with Gasteiger partial charge >= 0.3 is 0 Å². The molecule has 42 heavy (non-hydrogen) atoms. The summed E-state index contributed by atoms with van der Waals surface area (Å²) in [6.45, 7) is 8.67. The zero-order valence-corrected chi connectivity index (χ0v) is 26.4. The molecule has 0 saturated carbocycles. The van der Waals surface area contributed by atoms with Gasteiger partial charge in [-0.3, -0.25) is 8.87 Å². The number of aromatic nitrogens is 3. The van der Waals surface area contributed by atoms with E-state index in [4.69, 9.17) is 28.2 Å². The van der Waals surface area contributed by atoms with Crippen LogP contribution in [0.25, 0.3) is 22.2 Å². The lowest BCUT2D eigenvalue weighted by Gasteiger charge is -2.42. The summed E-state index contributed by atoms with van der Waals surface area (Å²) in [6, 6.07) is 14.6. The average molecular weight is 627 g/mol. The predicted octanol–water partition coefficient (Wildman–Crippen LogP) is 6.29. The van der Waals surface area contributed by atoms with Crippen molar-refractivity contribution in [3.05, 3.63) is 64.9 Å². The number of benzene rings is 2. The van der Waals surface area contributed by atoms with Gasteiger partial charge in [-0.1, -0.05) is 48.3 Å². The minimum Gasteiger partial charge on any atom is -0.370 e. The highest BCUT2D eigenvalue weighted by Crippen LogP contribution is 2.36. The van der Waals surface area contributed by atoms with Gasteiger partial charge in [-0.2, -0.15) is 0 Å². The van der Waals surface area contributed by atoms with Crippen LogP contribution < -0.4 is 10.2 Å². The number of para-hydroxylation sites is 1. The van der Waals surface area contributed by atoms with Crippen molar-refractivity contribution in [1.29, 1.82) is 0 Å². The van der Waals surface area contributed by atoms with Gasteiger partial charge in [0, 0.05) is 73.9 Å². The molecule has 222 valence electrons. The molecule has 1 atom stereocenters. The van der Waals surface area contributed by atoms with Crippen molar-refractivity contribution in [1.82, 2.24) is 23.7 Å². The number of nitrogens with one attached hydrogen (secondary N) is 1. The van der Waals surface area contributed by atoms with Crippen LogP contribution in [0, 0.1) is 0 Å². The molecule has 4 heterocycles. The minimum atomic E-state index is -1.17. The molecule has 2 aliphatic rings. The maximum Gasteiger partial charge on any atom is 0.227 e. The highest BCUT2D eigenvalue weighted by atomic mass is 35.5. The van der Waals surface area contributed by atoms with E-state index in [1.54, 1.807) is 6.20 Å². The third-order valence-electron chi connectivity index (χ3n) is 8.34. The Morgan fingerprint density at radius 1 is 1.00 bits per heavy atom. The molecule has 2 fully saturated rings. The van der Waals surface area contributed by atoms with Crippen molar-refractivity contribution >= 4 is 62.4 Å². The zero-order chi connectivity index (χ0) is 29.2. The van der Waals surface area contributed by atoms with E-state index >= 15 is 0 Å². The number of anilines is 3. The Kier molecular flexibility index (Phi) is 9.02. The quantitative estimate of drug-likeness (QED) is 0.247. The fraction of sp³-hybridized carbons (Fsp3) is 0.419. The van der Waals surface area contributed by atoms with E-state index in [9.17, 15) is 4.21 Å². The van der Waals surface area contributed by atoms with Gasteiger partial charge in [-0.15, -0.1) is 0 Å². The summed E-state index contributed by atoms with van der Waals surface area (Å²) in [5.41, 5.74) is 4.15. The van der Waals surface area contributed by atoms with E-state index in [0.29, 0.717) is 33.5 Å². The Morgan fingerprint density at radius 2 is 1.76 bits per heavy atom. The van der Waals surface area contributed by atoms with Gasteiger partial charge in [0.05, 0.1) is 33.1 Å². The first-order chi connectivity index (χ1) is 20.4. The van der Waals surface area contributed by atoms with Crippen molar-refractivity contribution in [2.24, 2.45) is 0 Å². The summed E-state index contributed by atoms with van der Waals surface area (Å²) in [5, 5.41) is 5.38. The number of halogens is 2. The molecule has 11 heteroatoms. The molecule has 2 aromatic heterocycles. The molecular formula is C31H37Cl2N7OS. The van der Waals surface area contributed by atoms with Gasteiger partial charge in [-0.25, -0.2) is 14.2 Å². The summed E-state index contributed by atoms with van der Waals surface area (Å²) >= 11 is 13.4. The maximum absolute atomic E-state index is 12.9. The first-order valence-electron chi connectivity index (χ1n) is 14.7. The largest absolute Gasteiger partial charge is 0.370 e. The molecule has 1 unspecified atom stereocenters. The standard InChI is InChI=1S/C31H37Cl2N7OS/c1-3-18-42(41)40-21-25(24-6-4-5-7-28(24)40)30-27(33)20-34-31(36-30)35-22-8-9-29(26(32)19-22)39-12-10-23(11-13-39)38-16-14-37(2)15-17-38/h4-9,19-21,23H,3,10-18H2,1-2H3,(H,34,35,36). The van der Waals surface area contributed by atoms with E-state index < -0.39 is 11.0 Å². The van der Waals surface area contributed by atoms with Crippen molar-refractivity contribution in [3.8, 4) is 11.3 Å². The number of rotatable bonds is 8. The Bertz CT molecular complexity index is 1580. The molecule has 2 saturated heterocycles. The van der Waals surface area contributed by atoms with Crippen LogP contribution in [0.3, 0.4) is 0 Å². The van der Waals surface area contributed by atoms with Crippen LogP contribution in [0.5, 0.6) is 0 Å². The van der Waals surface area contributed by atoms with Crippen molar-refractivity contribution in [2.45, 2.75) is 32.2 Å². The molecule has 8 nitrogen and oxygen atoms in total. The third-order valence-corrected chi connectivity index (χ3v) is 10.4. The number of fused-ring (bicyclic) bond motifs is 1. The Hall–Kier alpha value is -2.69. The van der Waals surface area contributed by atoms with Gasteiger partial charge in [-0.05, 0) is 50.6 Å². The molecule has 0 bridgehead atoms. The molecule has 0 spiro atoms. The van der Waals surface area contributed by atoms with Crippen LogP contribution >= 0.6 is 23.2 Å². The molecule has 0 aliphatic carbocycles. The highest BCUT2D eigenvalue weighted by Gasteiger charge is 2.27. The molecular weight excluding hydrogens is 589 g/mol. The van der Waals surface area contributed by atoms with Crippen LogP contribution in [0.15, 0.2) is 54.9 Å². The molecule has 2 aromatic carbocycles. The molecule has 0 amide bonds. The van der Waals surface area contributed by atoms with Crippen LogP contribution in [0.1, 0.15) is 26.2 Å². The van der Waals surface area contributed by atoms with Crippen molar-refractivity contribution in [3.63, 3.8) is 0 Å². The van der Waals surface area contributed by atoms with E-state index in [1.165, 1.54) is 0 Å². The molecule has 0 radical (unpaired) electrons. The van der Waals surface area contributed by atoms with E-state index in [0.717, 1.165) is 86.4 Å². The second kappa shape index (κ2) is 12.9. The Labute approximate surface area is 260 Å². The smallest absolute Gasteiger partial charge is 0.227 e. The summed E-state index contributed by atoms with van der Waals surface area (Å²) in [5.74, 6) is 0.991. The van der Waals surface area contributed by atoms with Gasteiger partial charge in [0.2, 0.25) is 5.95 Å². The number of hydrogen-bond acceptors (Lipinski definition) is 7. The lowest BCUT2D eigenvalue weighted by atomic mass is 10.0. The fourth-order valence-electron chi connectivity index (χ4n) is 6.03. The minimum absolute atomic E-state index is 0.415. The van der Waals surface area contributed by atoms with Crippen LogP contribution in [0.4, 0.5) is 17.3 Å². The fourth-order valence-corrected chi connectivity index (χ4v) is 7.67. The normalized spacial score (nSPS) is 18.0. The van der Waals surface area contributed by atoms with Crippen molar-refractivity contribution < 1.29 is 4.21 Å². The first kappa shape index (κ1) is 29.4. The number of nitrogens with zero attached hydrogens (tertiary/aromatic N) is 6. The second-order valence-corrected chi connectivity index (χ2v) is 13.4. The first-order valence-corrected chi connectivity index (χ1v) is 16.7. The van der Waals surface area contributed by atoms with Gasteiger partial charge in [0.15, 0.2) is 0 Å². The number of likely N-dealkylation sites (N-methyl/N-ethyl adjacent to an activating group) is 1. The zero-order valence-electron chi connectivity index (χ0n) is 24.1. The highest BCUT2D eigenvalue weighted by molar-refractivity contribution is 7.83. The Morgan fingerprint density at radius 3 is 2.50 bits per heavy atom. The van der Waals surface area contributed by atoms with Crippen LogP contribution in [-0.4, -0.2) is 86.1 Å².